The molecule has 0 radical (unpaired) electrons. The van der Waals surface area contributed by atoms with E-state index in [4.69, 9.17) is 22.1 Å². The van der Waals surface area contributed by atoms with E-state index < -0.39 is 85.3 Å². The molecule has 2 heterocycles. The second-order valence-corrected chi connectivity index (χ2v) is 14.2. The molecule has 3 N–H and O–H groups in total. The molecule has 2 aromatic heterocycles. The summed E-state index contributed by atoms with van der Waals surface area (Å²) >= 11 is 6.37. The standard InChI is InChI=1S/C34H34ClF8N9O3/c1-32(2,3)10-11-45-30(44)51(28(53)21-6-4-18(12-23(21)36)20-14-47-50(15-20)29(39)40)25(16-55-31(54)49-33(8-9-33)34(41,42)43)19-5-7-22(35)24(13-19)52-27(26(37)38)46-17-48-52/h4-7,12-15,17,25-26,29H,8-11,16H2,1-3H3,(H2,44,45)(H,49,54)/t25-/m1/s1. The number of nitrogens with two attached hydrogens (primary N) is 1. The zero-order chi connectivity index (χ0) is 40.5. The van der Waals surface area contributed by atoms with E-state index in [9.17, 15) is 40.3 Å². The van der Waals surface area contributed by atoms with Gasteiger partial charge >= 0.3 is 18.8 Å². The summed E-state index contributed by atoms with van der Waals surface area (Å²) in [4.78, 5) is 35.9. The molecule has 296 valence electrons. The van der Waals surface area contributed by atoms with E-state index in [-0.39, 0.29) is 39.4 Å². The monoisotopic (exact) mass is 803 g/mol. The summed E-state index contributed by atoms with van der Waals surface area (Å²) in [6.45, 7) is 1.84. The van der Waals surface area contributed by atoms with E-state index in [2.05, 4.69) is 20.2 Å². The summed E-state index contributed by atoms with van der Waals surface area (Å²) in [5.74, 6) is -3.69. The van der Waals surface area contributed by atoms with Crippen molar-refractivity contribution in [2.45, 2.75) is 70.8 Å². The van der Waals surface area contributed by atoms with Gasteiger partial charge in [0.25, 0.3) is 12.3 Å². The Kier molecular flexibility index (Phi) is 11.8. The molecule has 1 fully saturated rings. The largest absolute Gasteiger partial charge is 0.447 e. The smallest absolute Gasteiger partial charge is 0.411 e. The number of ether oxygens (including phenoxy) is 1. The molecule has 0 unspecified atom stereocenters. The highest BCUT2D eigenvalue weighted by atomic mass is 35.5. The lowest BCUT2D eigenvalue weighted by Crippen LogP contribution is -2.49. The average Bonchev–Trinajstić information content (AvgIpc) is 3.47. The number of alkyl halides is 7. The van der Waals surface area contributed by atoms with Gasteiger partial charge in [-0.1, -0.05) is 44.5 Å². The van der Waals surface area contributed by atoms with Crippen LogP contribution in [0.25, 0.3) is 16.8 Å². The molecule has 1 atom stereocenters. The van der Waals surface area contributed by atoms with Gasteiger partial charge in [-0.15, -0.1) is 0 Å². The summed E-state index contributed by atoms with van der Waals surface area (Å²) < 4.78 is 117. The molecule has 0 spiro atoms. The van der Waals surface area contributed by atoms with Crippen molar-refractivity contribution in [2.24, 2.45) is 16.1 Å². The molecular formula is C34H34ClF8N9O3. The minimum absolute atomic E-state index is 0.0272. The number of aliphatic imine (C=N–C) groups is 1. The van der Waals surface area contributed by atoms with Gasteiger partial charge in [0.1, 0.15) is 24.3 Å². The second kappa shape index (κ2) is 15.8. The molecule has 2 aromatic carbocycles. The number of aromatic nitrogens is 5. The van der Waals surface area contributed by atoms with Crippen LogP contribution in [-0.4, -0.2) is 72.3 Å². The van der Waals surface area contributed by atoms with Crippen LogP contribution in [-0.2, 0) is 4.74 Å². The number of hydrogen-bond acceptors (Lipinski definition) is 7. The number of alkyl carbamates (subject to hydrolysis) is 1. The Bertz CT molecular complexity index is 2060. The zero-order valence-electron chi connectivity index (χ0n) is 29.3. The molecule has 0 bridgehead atoms. The van der Waals surface area contributed by atoms with Crippen LogP contribution in [0.2, 0.25) is 5.02 Å². The van der Waals surface area contributed by atoms with Gasteiger partial charge in [0.2, 0.25) is 0 Å². The van der Waals surface area contributed by atoms with E-state index in [1.54, 1.807) is 5.32 Å². The maximum Gasteiger partial charge on any atom is 0.411 e. The number of hydrogen-bond donors (Lipinski definition) is 2. The van der Waals surface area contributed by atoms with Crippen molar-refractivity contribution in [1.29, 1.82) is 0 Å². The Balaban J connectivity index is 1.61. The molecule has 1 aliphatic rings. The van der Waals surface area contributed by atoms with Crippen molar-refractivity contribution < 1.29 is 49.4 Å². The summed E-state index contributed by atoms with van der Waals surface area (Å²) in [6.07, 6.45) is -6.95. The first-order chi connectivity index (χ1) is 25.7. The molecule has 4 aromatic rings. The molecular weight excluding hydrogens is 770 g/mol. The van der Waals surface area contributed by atoms with Crippen LogP contribution in [0.5, 0.6) is 0 Å². The molecule has 1 saturated carbocycles. The van der Waals surface area contributed by atoms with Crippen molar-refractivity contribution in [1.82, 2.24) is 34.8 Å². The quantitative estimate of drug-likeness (QED) is 0.0839. The first kappa shape index (κ1) is 40.9. The summed E-state index contributed by atoms with van der Waals surface area (Å²) in [7, 11) is 0. The Hall–Kier alpha value is -5.27. The molecule has 5 rings (SSSR count). The fraction of sp³-hybridized carbons (Fsp3) is 0.412. The number of rotatable bonds is 12. The summed E-state index contributed by atoms with van der Waals surface area (Å²) in [6, 6.07) is 5.24. The summed E-state index contributed by atoms with van der Waals surface area (Å²) in [5, 5.41) is 9.01. The fourth-order valence-corrected chi connectivity index (χ4v) is 5.57. The van der Waals surface area contributed by atoms with Crippen LogP contribution in [0.3, 0.4) is 0 Å². The van der Waals surface area contributed by atoms with Crippen LogP contribution in [0.15, 0.2) is 60.1 Å². The van der Waals surface area contributed by atoms with Crippen molar-refractivity contribution in [3.63, 3.8) is 0 Å². The van der Waals surface area contributed by atoms with E-state index in [0.717, 1.165) is 35.8 Å². The van der Waals surface area contributed by atoms with Gasteiger partial charge in [0.15, 0.2) is 11.8 Å². The van der Waals surface area contributed by atoms with Crippen molar-refractivity contribution in [3.05, 3.63) is 82.9 Å². The van der Waals surface area contributed by atoms with E-state index in [0.29, 0.717) is 15.8 Å². The van der Waals surface area contributed by atoms with Gasteiger partial charge in [-0.3, -0.25) is 14.7 Å². The van der Waals surface area contributed by atoms with Crippen LogP contribution in [0, 0.1) is 11.2 Å². The molecule has 1 aliphatic carbocycles. The highest BCUT2D eigenvalue weighted by Gasteiger charge is 2.64. The van der Waals surface area contributed by atoms with Crippen LogP contribution < -0.4 is 11.1 Å². The van der Waals surface area contributed by atoms with Crippen LogP contribution in [0.4, 0.5) is 39.9 Å². The topological polar surface area (TPSA) is 146 Å². The number of halogens is 9. The highest BCUT2D eigenvalue weighted by molar-refractivity contribution is 6.32. The maximum atomic E-state index is 15.9. The lowest BCUT2D eigenvalue weighted by atomic mass is 9.92. The minimum Gasteiger partial charge on any atom is -0.447 e. The van der Waals surface area contributed by atoms with Gasteiger partial charge in [-0.05, 0) is 60.1 Å². The third-order valence-corrected chi connectivity index (χ3v) is 8.93. The third kappa shape index (κ3) is 9.34. The van der Waals surface area contributed by atoms with E-state index >= 15 is 4.39 Å². The van der Waals surface area contributed by atoms with E-state index in [1.807, 2.05) is 20.8 Å². The second-order valence-electron chi connectivity index (χ2n) is 13.8. The molecule has 55 heavy (non-hydrogen) atoms. The Morgan fingerprint density at radius 2 is 1.78 bits per heavy atom. The van der Waals surface area contributed by atoms with E-state index in [1.165, 1.54) is 24.3 Å². The van der Waals surface area contributed by atoms with Gasteiger partial charge in [-0.2, -0.15) is 32.1 Å². The van der Waals surface area contributed by atoms with Crippen molar-refractivity contribution in [2.75, 3.05) is 13.2 Å². The number of nitrogens with zero attached hydrogens (tertiary/aromatic N) is 7. The molecule has 12 nitrogen and oxygen atoms in total. The maximum absolute atomic E-state index is 15.9. The lowest BCUT2D eigenvalue weighted by Gasteiger charge is -2.32. The highest BCUT2D eigenvalue weighted by Crippen LogP contribution is 2.49. The van der Waals surface area contributed by atoms with Gasteiger partial charge in [0, 0.05) is 18.3 Å². The Morgan fingerprint density at radius 1 is 1.07 bits per heavy atom. The Morgan fingerprint density at radius 3 is 2.36 bits per heavy atom. The third-order valence-electron chi connectivity index (χ3n) is 8.61. The van der Waals surface area contributed by atoms with Crippen molar-refractivity contribution in [3.8, 4) is 16.8 Å². The number of benzene rings is 2. The van der Waals surface area contributed by atoms with Crippen molar-refractivity contribution >= 4 is 29.6 Å². The Labute approximate surface area is 313 Å². The van der Waals surface area contributed by atoms with Gasteiger partial charge in [-0.25, -0.2) is 32.3 Å². The molecule has 0 saturated heterocycles. The normalized spacial score (nSPS) is 15.0. The molecule has 2 amide bonds. The number of amides is 2. The average molecular weight is 804 g/mol. The predicted molar refractivity (Wildman–Crippen MR) is 182 cm³/mol. The van der Waals surface area contributed by atoms with Gasteiger partial charge < -0.3 is 15.8 Å². The van der Waals surface area contributed by atoms with Crippen LogP contribution in [0.1, 0.15) is 80.8 Å². The first-order valence-corrected chi connectivity index (χ1v) is 16.8. The lowest BCUT2D eigenvalue weighted by molar-refractivity contribution is -0.164. The number of carbonyl (C=O) groups excluding carboxylic acids is 2. The fourth-order valence-electron chi connectivity index (χ4n) is 5.37. The van der Waals surface area contributed by atoms with Crippen LogP contribution >= 0.6 is 11.6 Å². The summed E-state index contributed by atoms with van der Waals surface area (Å²) in [5.41, 5.74) is 2.92. The molecule has 0 aliphatic heterocycles. The number of carbonyl (C=O) groups is 2. The SMILES string of the molecule is CC(C)(C)CCN=C(N)N(C(=O)c1ccc(-c2cnn(C(F)F)c2)cc1F)[C@H](COC(=O)NC1(C(F)(F)F)CC1)c1ccc(Cl)c(-n2ncnc2C(F)F)c1. The number of nitrogens with one attached hydrogen (secondary N) is 1. The predicted octanol–water partition coefficient (Wildman–Crippen LogP) is 8.01. The first-order valence-electron chi connectivity index (χ1n) is 16.5. The zero-order valence-corrected chi connectivity index (χ0v) is 30.1. The number of guanidine groups is 1. The molecule has 21 heteroatoms. The van der Waals surface area contributed by atoms with Gasteiger partial charge in [0.05, 0.1) is 28.5 Å². The minimum atomic E-state index is -4.80.